The Hall–Kier alpha value is 0.180. The molecule has 0 N–H and O–H groups in total. The summed E-state index contributed by atoms with van der Waals surface area (Å²) in [4.78, 5) is 0. The van der Waals surface area contributed by atoms with Gasteiger partial charge < -0.3 is 0 Å². The van der Waals surface area contributed by atoms with Crippen molar-refractivity contribution >= 4 is 26.0 Å². The van der Waals surface area contributed by atoms with Gasteiger partial charge in [-0.05, 0) is 12.8 Å². The van der Waals surface area contributed by atoms with E-state index >= 15 is 0 Å². The Labute approximate surface area is 108 Å². The van der Waals surface area contributed by atoms with E-state index in [1.54, 1.807) is 0 Å². The van der Waals surface area contributed by atoms with E-state index in [1.165, 1.54) is 0 Å². The Morgan fingerprint density at radius 1 is 1.24 bits per heavy atom. The highest BCUT2D eigenvalue weighted by Crippen LogP contribution is 2.29. The lowest BCUT2D eigenvalue weighted by molar-refractivity contribution is -0.135. The fourth-order valence-electron chi connectivity index (χ4n) is 1.99. The maximum atomic E-state index is 12.3. The van der Waals surface area contributed by atoms with Crippen LogP contribution in [0.4, 0.5) is 13.2 Å². The molecule has 1 aliphatic rings. The fraction of sp³-hybridized carbons (Fsp3) is 1.00. The third-order valence-corrected chi connectivity index (χ3v) is 5.47. The second-order valence-electron chi connectivity index (χ2n) is 4.09. The van der Waals surface area contributed by atoms with Crippen molar-refractivity contribution in [1.29, 1.82) is 0 Å². The highest BCUT2D eigenvalue weighted by Gasteiger charge is 2.40. The van der Waals surface area contributed by atoms with Crippen LogP contribution in [0.15, 0.2) is 0 Å². The Kier molecular flexibility index (Phi) is 5.27. The van der Waals surface area contributed by atoms with Crippen molar-refractivity contribution in [3.05, 3.63) is 0 Å². The maximum absolute atomic E-state index is 12.3. The first-order valence-corrected chi connectivity index (χ1v) is 8.01. The Morgan fingerprint density at radius 3 is 2.18 bits per heavy atom. The molecule has 0 aliphatic heterocycles. The van der Waals surface area contributed by atoms with Crippen molar-refractivity contribution in [3.8, 4) is 0 Å². The minimum Gasteiger partial charge on any atom is -0.212 e. The van der Waals surface area contributed by atoms with E-state index in [1.807, 2.05) is 0 Å². The van der Waals surface area contributed by atoms with Crippen molar-refractivity contribution in [3.63, 3.8) is 0 Å². The van der Waals surface area contributed by atoms with Crippen LogP contribution in [-0.4, -0.2) is 42.6 Å². The summed E-state index contributed by atoms with van der Waals surface area (Å²) in [5.74, 6) is 0. The molecule has 0 heterocycles. The van der Waals surface area contributed by atoms with E-state index in [4.69, 9.17) is 0 Å². The maximum Gasteiger partial charge on any atom is 0.402 e. The van der Waals surface area contributed by atoms with Crippen molar-refractivity contribution in [2.45, 2.75) is 37.1 Å². The average molecular weight is 338 g/mol. The van der Waals surface area contributed by atoms with Gasteiger partial charge in [-0.15, -0.1) is 0 Å². The molecule has 1 saturated carbocycles. The summed E-state index contributed by atoms with van der Waals surface area (Å²) in [6.45, 7) is -1.53. The summed E-state index contributed by atoms with van der Waals surface area (Å²) in [6.07, 6.45) is -2.00. The van der Waals surface area contributed by atoms with Gasteiger partial charge in [0.05, 0.1) is 5.25 Å². The lowest BCUT2D eigenvalue weighted by Crippen LogP contribution is -2.44. The van der Waals surface area contributed by atoms with Gasteiger partial charge in [0, 0.05) is 11.9 Å². The molecule has 0 spiro atoms. The van der Waals surface area contributed by atoms with Gasteiger partial charge in [0.25, 0.3) is 0 Å². The molecule has 8 heteroatoms. The van der Waals surface area contributed by atoms with E-state index < -0.39 is 28.0 Å². The summed E-state index contributed by atoms with van der Waals surface area (Å²) in [5, 5.41) is -0.432. The number of hydrogen-bond acceptors (Lipinski definition) is 2. The van der Waals surface area contributed by atoms with Gasteiger partial charge in [0.2, 0.25) is 10.0 Å². The molecule has 1 aliphatic carbocycles. The van der Waals surface area contributed by atoms with E-state index in [2.05, 4.69) is 15.9 Å². The van der Waals surface area contributed by atoms with Gasteiger partial charge in [-0.2, -0.15) is 17.5 Å². The van der Waals surface area contributed by atoms with Crippen molar-refractivity contribution in [1.82, 2.24) is 4.31 Å². The van der Waals surface area contributed by atoms with E-state index in [0.29, 0.717) is 17.1 Å². The molecular weight excluding hydrogens is 323 g/mol. The quantitative estimate of drug-likeness (QED) is 0.723. The van der Waals surface area contributed by atoms with E-state index in [9.17, 15) is 21.6 Å². The molecule has 0 aromatic rings. The van der Waals surface area contributed by atoms with Gasteiger partial charge in [0.15, 0.2) is 0 Å². The molecule has 17 heavy (non-hydrogen) atoms. The first-order chi connectivity index (χ1) is 7.77. The first-order valence-electron chi connectivity index (χ1n) is 5.39. The minimum absolute atomic E-state index is 0.141. The molecule has 0 amide bonds. The number of nitrogens with zero attached hydrogens (tertiary/aromatic N) is 1. The third kappa shape index (κ3) is 4.40. The van der Waals surface area contributed by atoms with Gasteiger partial charge >= 0.3 is 6.18 Å². The third-order valence-electron chi connectivity index (χ3n) is 2.77. The topological polar surface area (TPSA) is 37.4 Å². The molecule has 0 radical (unpaired) electrons. The molecule has 0 atom stereocenters. The molecule has 0 saturated heterocycles. The minimum atomic E-state index is -4.49. The molecular formula is C9H15BrF3NO2S. The zero-order valence-electron chi connectivity index (χ0n) is 9.21. The zero-order valence-corrected chi connectivity index (χ0v) is 11.6. The largest absolute Gasteiger partial charge is 0.402 e. The monoisotopic (exact) mass is 337 g/mol. The molecule has 0 unspecified atom stereocenters. The second kappa shape index (κ2) is 5.88. The summed E-state index contributed by atoms with van der Waals surface area (Å²) in [7, 11) is -3.81. The number of sulfonamides is 1. The Morgan fingerprint density at radius 2 is 1.76 bits per heavy atom. The SMILES string of the molecule is O=S(=O)(C1CCCC1)N(CCBr)CC(F)(F)F. The average Bonchev–Trinajstić information content (AvgIpc) is 2.68. The fourth-order valence-corrected chi connectivity index (χ4v) is 4.67. The highest BCUT2D eigenvalue weighted by atomic mass is 79.9. The van der Waals surface area contributed by atoms with Crippen LogP contribution in [0.25, 0.3) is 0 Å². The van der Waals surface area contributed by atoms with Gasteiger partial charge in [0.1, 0.15) is 6.54 Å². The molecule has 0 aromatic carbocycles. The molecule has 1 fully saturated rings. The lowest BCUT2D eigenvalue weighted by Gasteiger charge is -2.25. The number of alkyl halides is 4. The summed E-state index contributed by atoms with van der Waals surface area (Å²) in [6, 6.07) is 0. The van der Waals surface area contributed by atoms with Gasteiger partial charge in [-0.25, -0.2) is 8.42 Å². The number of hydrogen-bond donors (Lipinski definition) is 0. The van der Waals surface area contributed by atoms with Gasteiger partial charge in [-0.1, -0.05) is 28.8 Å². The van der Waals surface area contributed by atoms with E-state index in [-0.39, 0.29) is 11.9 Å². The normalized spacial score (nSPS) is 19.1. The summed E-state index contributed by atoms with van der Waals surface area (Å²) in [5.41, 5.74) is 0. The van der Waals surface area contributed by atoms with Crippen molar-refractivity contribution in [2.24, 2.45) is 0 Å². The van der Waals surface area contributed by atoms with Crippen LogP contribution in [0.3, 0.4) is 0 Å². The standard InChI is InChI=1S/C9H15BrF3NO2S/c10-5-6-14(7-9(11,12)13)17(15,16)8-3-1-2-4-8/h8H,1-7H2. The van der Waals surface area contributed by atoms with Crippen LogP contribution < -0.4 is 0 Å². The highest BCUT2D eigenvalue weighted by molar-refractivity contribution is 9.09. The van der Waals surface area contributed by atoms with Crippen LogP contribution in [0, 0.1) is 0 Å². The number of rotatable bonds is 5. The molecule has 1 rings (SSSR count). The van der Waals surface area contributed by atoms with Crippen LogP contribution in [0.2, 0.25) is 0 Å². The first kappa shape index (κ1) is 15.2. The van der Waals surface area contributed by atoms with Crippen LogP contribution in [0.1, 0.15) is 25.7 Å². The molecule has 0 aromatic heterocycles. The molecule has 102 valence electrons. The summed E-state index contributed by atoms with van der Waals surface area (Å²) >= 11 is 2.99. The van der Waals surface area contributed by atoms with Crippen molar-refractivity contribution < 1.29 is 21.6 Å². The Balaban J connectivity index is 2.81. The smallest absolute Gasteiger partial charge is 0.212 e. The molecule has 3 nitrogen and oxygen atoms in total. The lowest BCUT2D eigenvalue weighted by atomic mass is 10.4. The van der Waals surface area contributed by atoms with Crippen LogP contribution in [0.5, 0.6) is 0 Å². The summed E-state index contributed by atoms with van der Waals surface area (Å²) < 4.78 is 61.5. The predicted octanol–water partition coefficient (Wildman–Crippen LogP) is 2.52. The molecule has 0 bridgehead atoms. The second-order valence-corrected chi connectivity index (χ2v) is 7.10. The van der Waals surface area contributed by atoms with Crippen molar-refractivity contribution in [2.75, 3.05) is 18.4 Å². The predicted molar refractivity (Wildman–Crippen MR) is 62.6 cm³/mol. The zero-order chi connectivity index (χ0) is 13.1. The van der Waals surface area contributed by atoms with Gasteiger partial charge in [-0.3, -0.25) is 0 Å². The van der Waals surface area contributed by atoms with Crippen LogP contribution in [-0.2, 0) is 10.0 Å². The Bertz CT molecular complexity index is 339. The number of halogens is 4. The van der Waals surface area contributed by atoms with E-state index in [0.717, 1.165) is 12.8 Å². The van der Waals surface area contributed by atoms with Crippen LogP contribution >= 0.6 is 15.9 Å².